The maximum atomic E-state index is 13.2. The predicted molar refractivity (Wildman–Crippen MR) is 118 cm³/mol. The number of esters is 1. The quantitative estimate of drug-likeness (QED) is 0.539. The van der Waals surface area contributed by atoms with E-state index in [0.29, 0.717) is 12.6 Å². The Labute approximate surface area is 180 Å². The van der Waals surface area contributed by atoms with E-state index in [1.807, 2.05) is 0 Å². The van der Waals surface area contributed by atoms with Gasteiger partial charge in [-0.05, 0) is 68.7 Å². The van der Waals surface area contributed by atoms with Gasteiger partial charge in [-0.25, -0.2) is 4.79 Å². The van der Waals surface area contributed by atoms with E-state index >= 15 is 0 Å². The Hall–Kier alpha value is -1.52. The standard InChI is InChI=1S/C24H32N2O2.ClH/c1-3-5-15-28-21(27)17-16-23(4-2)11-8-13-26-14-12-24(22(23)26)18-9-6-7-10-19(18)25-20(17)24;/h6-7,9-10,22,25H,3-5,8,11-16H2,1-2H3;1H/t22-,23-,24+;/m0./s1. The maximum absolute atomic E-state index is 13.2. The number of para-hydroxylation sites is 1. The van der Waals surface area contributed by atoms with Crippen LogP contribution in [0.5, 0.6) is 0 Å². The van der Waals surface area contributed by atoms with E-state index < -0.39 is 0 Å². The summed E-state index contributed by atoms with van der Waals surface area (Å²) < 4.78 is 5.75. The van der Waals surface area contributed by atoms with Gasteiger partial charge >= 0.3 is 5.97 Å². The molecular formula is C24H33ClN2O2. The Balaban J connectivity index is 0.00000205. The summed E-state index contributed by atoms with van der Waals surface area (Å²) in [6.45, 7) is 7.31. The van der Waals surface area contributed by atoms with Crippen LogP contribution in [0, 0.1) is 5.41 Å². The molecule has 1 aromatic rings. The molecule has 29 heavy (non-hydrogen) atoms. The summed E-state index contributed by atoms with van der Waals surface area (Å²) in [5.74, 6) is -0.0848. The minimum Gasteiger partial charge on any atom is -0.462 e. The molecule has 1 spiro atoms. The van der Waals surface area contributed by atoms with Gasteiger partial charge in [0.1, 0.15) is 0 Å². The van der Waals surface area contributed by atoms with E-state index in [9.17, 15) is 4.79 Å². The number of carbonyl (C=O) groups is 1. The van der Waals surface area contributed by atoms with Gasteiger partial charge in [-0.1, -0.05) is 38.5 Å². The lowest BCUT2D eigenvalue weighted by Crippen LogP contribution is -2.59. The van der Waals surface area contributed by atoms with Gasteiger partial charge in [-0.2, -0.15) is 0 Å². The fourth-order valence-electron chi connectivity index (χ4n) is 6.76. The monoisotopic (exact) mass is 416 g/mol. The minimum absolute atomic E-state index is 0. The number of nitrogens with one attached hydrogen (secondary N) is 1. The highest BCUT2D eigenvalue weighted by atomic mass is 35.5. The van der Waals surface area contributed by atoms with Gasteiger partial charge in [0.2, 0.25) is 0 Å². The van der Waals surface area contributed by atoms with Crippen LogP contribution in [-0.4, -0.2) is 36.6 Å². The van der Waals surface area contributed by atoms with Crippen LogP contribution in [0.1, 0.15) is 64.4 Å². The van der Waals surface area contributed by atoms with E-state index in [1.165, 1.54) is 30.6 Å². The van der Waals surface area contributed by atoms with Crippen LogP contribution in [0.2, 0.25) is 0 Å². The Kier molecular flexibility index (Phi) is 5.45. The molecule has 158 valence electrons. The summed E-state index contributed by atoms with van der Waals surface area (Å²) >= 11 is 0. The summed E-state index contributed by atoms with van der Waals surface area (Å²) in [7, 11) is 0. The average Bonchev–Trinajstić information content (AvgIpc) is 3.28. The number of ether oxygens (including phenoxy) is 1. The van der Waals surface area contributed by atoms with Crippen LogP contribution in [-0.2, 0) is 14.9 Å². The lowest BCUT2D eigenvalue weighted by atomic mass is 9.53. The number of carbonyl (C=O) groups excluding carboxylic acids is 1. The second-order valence-electron chi connectivity index (χ2n) is 9.17. The third-order valence-electron chi connectivity index (χ3n) is 7.95. The lowest BCUT2D eigenvalue weighted by Gasteiger charge is -2.56. The highest BCUT2D eigenvalue weighted by Gasteiger charge is 2.66. The average molecular weight is 417 g/mol. The molecule has 0 bridgehead atoms. The van der Waals surface area contributed by atoms with Crippen LogP contribution in [0.4, 0.5) is 5.69 Å². The molecule has 1 aliphatic carbocycles. The van der Waals surface area contributed by atoms with Crippen molar-refractivity contribution < 1.29 is 9.53 Å². The Bertz CT molecular complexity index is 838. The fraction of sp³-hybridized carbons (Fsp3) is 0.625. The number of benzene rings is 1. The maximum Gasteiger partial charge on any atom is 0.335 e. The van der Waals surface area contributed by atoms with Crippen molar-refractivity contribution in [3.63, 3.8) is 0 Å². The van der Waals surface area contributed by atoms with Crippen molar-refractivity contribution in [2.24, 2.45) is 5.41 Å². The van der Waals surface area contributed by atoms with E-state index in [4.69, 9.17) is 4.74 Å². The number of hydrogen-bond acceptors (Lipinski definition) is 4. The van der Waals surface area contributed by atoms with Crippen LogP contribution in [0.15, 0.2) is 35.5 Å². The molecule has 0 amide bonds. The fourth-order valence-corrected chi connectivity index (χ4v) is 6.76. The molecule has 1 aromatic carbocycles. The topological polar surface area (TPSA) is 41.6 Å². The van der Waals surface area contributed by atoms with E-state index in [1.54, 1.807) is 0 Å². The van der Waals surface area contributed by atoms with Gasteiger partial charge < -0.3 is 10.1 Å². The van der Waals surface area contributed by atoms with Gasteiger partial charge in [-0.3, -0.25) is 4.90 Å². The third-order valence-corrected chi connectivity index (χ3v) is 7.95. The third kappa shape index (κ3) is 2.79. The second kappa shape index (κ2) is 7.63. The first-order chi connectivity index (χ1) is 13.7. The van der Waals surface area contributed by atoms with E-state index in [0.717, 1.165) is 49.9 Å². The van der Waals surface area contributed by atoms with Gasteiger partial charge in [0, 0.05) is 17.4 Å². The highest BCUT2D eigenvalue weighted by molar-refractivity contribution is 5.93. The van der Waals surface area contributed by atoms with Gasteiger partial charge in [0.25, 0.3) is 0 Å². The largest absolute Gasteiger partial charge is 0.462 e. The van der Waals surface area contributed by atoms with Crippen molar-refractivity contribution >= 4 is 24.1 Å². The molecule has 3 aliphatic heterocycles. The number of unbranched alkanes of at least 4 members (excludes halogenated alkanes) is 1. The van der Waals surface area contributed by atoms with Gasteiger partial charge in [-0.15, -0.1) is 12.4 Å². The normalized spacial score (nSPS) is 32.0. The molecule has 5 heteroatoms. The SMILES string of the molecule is CCCCOC(=O)C1=C2Nc3ccccc3[C@]23CCN2CCC[C@@](CC)(C1)[C@H]23.Cl. The van der Waals surface area contributed by atoms with Crippen molar-refractivity contribution in [1.29, 1.82) is 0 Å². The number of nitrogens with zero attached hydrogens (tertiary/aromatic N) is 1. The minimum atomic E-state index is -0.0848. The molecule has 4 nitrogen and oxygen atoms in total. The van der Waals surface area contributed by atoms with Crippen molar-refractivity contribution in [3.8, 4) is 0 Å². The second-order valence-corrected chi connectivity index (χ2v) is 9.17. The lowest BCUT2D eigenvalue weighted by molar-refractivity contribution is -0.140. The number of halogens is 1. The zero-order valence-corrected chi connectivity index (χ0v) is 18.4. The highest BCUT2D eigenvalue weighted by Crippen LogP contribution is 2.65. The number of anilines is 1. The number of piperidine rings is 1. The molecule has 1 N–H and O–H groups in total. The molecule has 0 aromatic heterocycles. The molecule has 2 saturated heterocycles. The Morgan fingerprint density at radius 2 is 2.07 bits per heavy atom. The summed E-state index contributed by atoms with van der Waals surface area (Å²) in [5.41, 5.74) is 4.79. The van der Waals surface area contributed by atoms with Crippen molar-refractivity contribution in [3.05, 3.63) is 41.1 Å². The first-order valence-electron chi connectivity index (χ1n) is 11.2. The summed E-state index contributed by atoms with van der Waals surface area (Å²) in [6.07, 6.45) is 7.51. The molecule has 0 saturated carbocycles. The van der Waals surface area contributed by atoms with Gasteiger partial charge in [0.05, 0.1) is 17.6 Å². The zero-order valence-electron chi connectivity index (χ0n) is 17.6. The van der Waals surface area contributed by atoms with Crippen molar-refractivity contribution in [1.82, 2.24) is 4.90 Å². The molecule has 4 aliphatic rings. The molecular weight excluding hydrogens is 384 g/mol. The number of hydrogen-bond donors (Lipinski definition) is 1. The molecule has 3 atom stereocenters. The van der Waals surface area contributed by atoms with Crippen LogP contribution >= 0.6 is 12.4 Å². The molecule has 0 radical (unpaired) electrons. The van der Waals surface area contributed by atoms with E-state index in [-0.39, 0.29) is 29.2 Å². The molecule has 0 unspecified atom stereocenters. The van der Waals surface area contributed by atoms with Crippen molar-refractivity contribution in [2.45, 2.75) is 70.3 Å². The molecule has 3 heterocycles. The zero-order chi connectivity index (χ0) is 19.4. The molecule has 5 rings (SSSR count). The summed E-state index contributed by atoms with van der Waals surface area (Å²) in [4.78, 5) is 16.0. The number of fused-ring (bicyclic) bond motifs is 1. The van der Waals surface area contributed by atoms with Crippen LogP contribution < -0.4 is 5.32 Å². The Morgan fingerprint density at radius 1 is 1.24 bits per heavy atom. The summed E-state index contributed by atoms with van der Waals surface area (Å²) in [5, 5.41) is 3.70. The summed E-state index contributed by atoms with van der Waals surface area (Å²) in [6, 6.07) is 9.22. The first kappa shape index (κ1) is 20.7. The Morgan fingerprint density at radius 3 is 2.86 bits per heavy atom. The first-order valence-corrected chi connectivity index (χ1v) is 11.2. The van der Waals surface area contributed by atoms with E-state index in [2.05, 4.69) is 48.3 Å². The van der Waals surface area contributed by atoms with Crippen LogP contribution in [0.3, 0.4) is 0 Å². The van der Waals surface area contributed by atoms with Gasteiger partial charge in [0.15, 0.2) is 0 Å². The smallest absolute Gasteiger partial charge is 0.335 e. The molecule has 2 fully saturated rings. The number of rotatable bonds is 5. The van der Waals surface area contributed by atoms with Crippen molar-refractivity contribution in [2.75, 3.05) is 25.0 Å². The van der Waals surface area contributed by atoms with Crippen LogP contribution in [0.25, 0.3) is 0 Å². The predicted octanol–water partition coefficient (Wildman–Crippen LogP) is 5.04.